The minimum Gasteiger partial charge on any atom is -0.462 e. The van der Waals surface area contributed by atoms with Gasteiger partial charge in [-0.2, -0.15) is 0 Å². The van der Waals surface area contributed by atoms with Crippen molar-refractivity contribution >= 4 is 28.3 Å². The molecule has 25 heavy (non-hydrogen) atoms. The van der Waals surface area contributed by atoms with Gasteiger partial charge in [0.1, 0.15) is 5.00 Å². The molecule has 0 saturated carbocycles. The van der Waals surface area contributed by atoms with Crippen LogP contribution in [0.25, 0.3) is 0 Å². The van der Waals surface area contributed by atoms with Crippen LogP contribution in [0.15, 0.2) is 0 Å². The number of esters is 1. The number of carbonyl (C=O) groups excluding carboxylic acids is 2. The molecule has 2 amide bonds. The highest BCUT2D eigenvalue weighted by Crippen LogP contribution is 2.38. The molecule has 0 atom stereocenters. The summed E-state index contributed by atoms with van der Waals surface area (Å²) < 4.78 is 5.22. The highest BCUT2D eigenvalue weighted by atomic mass is 32.1. The SMILES string of the molecule is CCOC(=O)c1c(NC(=O)NCC2CCNCC2)sc2c1CCCC2. The van der Waals surface area contributed by atoms with Crippen LogP contribution in [-0.2, 0) is 17.6 Å². The molecule has 1 fully saturated rings. The lowest BCUT2D eigenvalue weighted by Gasteiger charge is -2.22. The van der Waals surface area contributed by atoms with E-state index in [0.717, 1.165) is 57.2 Å². The molecule has 3 N–H and O–H groups in total. The molecule has 1 saturated heterocycles. The van der Waals surface area contributed by atoms with Crippen molar-refractivity contribution in [3.05, 3.63) is 16.0 Å². The Hall–Kier alpha value is -1.60. The van der Waals surface area contributed by atoms with Gasteiger partial charge < -0.3 is 15.4 Å². The summed E-state index contributed by atoms with van der Waals surface area (Å²) in [6.07, 6.45) is 6.25. The van der Waals surface area contributed by atoms with Crippen molar-refractivity contribution in [1.29, 1.82) is 0 Å². The van der Waals surface area contributed by atoms with Crippen molar-refractivity contribution in [2.24, 2.45) is 5.92 Å². The monoisotopic (exact) mass is 365 g/mol. The standard InChI is InChI=1S/C18H27N3O3S/c1-2-24-17(22)15-13-5-3-4-6-14(13)25-16(15)21-18(23)20-11-12-7-9-19-10-8-12/h12,19H,2-11H2,1H3,(H2,20,21,23). The second-order valence-corrected chi connectivity index (χ2v) is 7.77. The van der Waals surface area contributed by atoms with E-state index in [1.165, 1.54) is 16.2 Å². The van der Waals surface area contributed by atoms with Gasteiger partial charge in [-0.05, 0) is 70.0 Å². The average molecular weight is 365 g/mol. The van der Waals surface area contributed by atoms with E-state index in [4.69, 9.17) is 4.74 Å². The smallest absolute Gasteiger partial charge is 0.341 e. The number of hydrogen-bond acceptors (Lipinski definition) is 5. The topological polar surface area (TPSA) is 79.5 Å². The maximum atomic E-state index is 12.4. The van der Waals surface area contributed by atoms with Crippen LogP contribution in [0.1, 0.15) is 53.4 Å². The average Bonchev–Trinajstić information content (AvgIpc) is 2.99. The summed E-state index contributed by atoms with van der Waals surface area (Å²) in [5.74, 6) is 0.198. The molecule has 6 nitrogen and oxygen atoms in total. The number of rotatable bonds is 5. The fraction of sp³-hybridized carbons (Fsp3) is 0.667. The molecule has 0 radical (unpaired) electrons. The Bertz CT molecular complexity index is 623. The zero-order valence-corrected chi connectivity index (χ0v) is 15.6. The zero-order chi connectivity index (χ0) is 17.6. The molecule has 2 aliphatic rings. The quantitative estimate of drug-likeness (QED) is 0.701. The highest BCUT2D eigenvalue weighted by molar-refractivity contribution is 7.17. The fourth-order valence-electron chi connectivity index (χ4n) is 3.54. The van der Waals surface area contributed by atoms with Crippen molar-refractivity contribution < 1.29 is 14.3 Å². The molecule has 0 bridgehead atoms. The second-order valence-electron chi connectivity index (χ2n) is 6.66. The van der Waals surface area contributed by atoms with E-state index in [9.17, 15) is 9.59 Å². The Morgan fingerprint density at radius 1 is 1.24 bits per heavy atom. The minimum absolute atomic E-state index is 0.234. The van der Waals surface area contributed by atoms with Gasteiger partial charge in [0, 0.05) is 11.4 Å². The number of aryl methyl sites for hydroxylation is 1. The number of nitrogens with one attached hydrogen (secondary N) is 3. The predicted molar refractivity (Wildman–Crippen MR) is 99.5 cm³/mol. The van der Waals surface area contributed by atoms with Crippen LogP contribution in [0.4, 0.5) is 9.80 Å². The first-order chi connectivity index (χ1) is 12.2. The van der Waals surface area contributed by atoms with Gasteiger partial charge in [-0.25, -0.2) is 9.59 Å². The van der Waals surface area contributed by atoms with Crippen LogP contribution in [0.2, 0.25) is 0 Å². The minimum atomic E-state index is -0.324. The molecule has 1 aliphatic heterocycles. The summed E-state index contributed by atoms with van der Waals surface area (Å²) in [4.78, 5) is 25.9. The van der Waals surface area contributed by atoms with Crippen LogP contribution in [-0.4, -0.2) is 38.2 Å². The number of anilines is 1. The van der Waals surface area contributed by atoms with Crippen LogP contribution in [0, 0.1) is 5.92 Å². The Labute approximate surface area is 152 Å². The largest absolute Gasteiger partial charge is 0.462 e. The van der Waals surface area contributed by atoms with E-state index in [-0.39, 0.29) is 12.0 Å². The van der Waals surface area contributed by atoms with Gasteiger partial charge in [-0.15, -0.1) is 11.3 Å². The van der Waals surface area contributed by atoms with Gasteiger partial charge in [-0.1, -0.05) is 0 Å². The van der Waals surface area contributed by atoms with E-state index in [1.807, 2.05) is 0 Å². The maximum absolute atomic E-state index is 12.4. The van der Waals surface area contributed by atoms with Gasteiger partial charge in [0.2, 0.25) is 0 Å². The number of amides is 2. The number of carbonyl (C=O) groups is 2. The van der Waals surface area contributed by atoms with E-state index in [1.54, 1.807) is 6.92 Å². The molecule has 0 spiro atoms. The van der Waals surface area contributed by atoms with Gasteiger partial charge in [-0.3, -0.25) is 5.32 Å². The summed E-state index contributed by atoms with van der Waals surface area (Å²) in [6, 6.07) is -0.234. The predicted octanol–water partition coefficient (Wildman–Crippen LogP) is 2.92. The van der Waals surface area contributed by atoms with E-state index < -0.39 is 0 Å². The van der Waals surface area contributed by atoms with Crippen LogP contribution in [0.5, 0.6) is 0 Å². The van der Waals surface area contributed by atoms with E-state index in [2.05, 4.69) is 16.0 Å². The summed E-state index contributed by atoms with van der Waals surface area (Å²) in [6.45, 7) is 4.84. The third-order valence-corrected chi connectivity index (χ3v) is 6.10. The molecule has 1 aromatic heterocycles. The zero-order valence-electron chi connectivity index (χ0n) is 14.8. The first kappa shape index (κ1) is 18.2. The molecule has 3 rings (SSSR count). The van der Waals surface area contributed by atoms with Crippen LogP contribution < -0.4 is 16.0 Å². The lowest BCUT2D eigenvalue weighted by molar-refractivity contribution is 0.0526. The van der Waals surface area contributed by atoms with Gasteiger partial charge in [0.25, 0.3) is 0 Å². The van der Waals surface area contributed by atoms with Crippen molar-refractivity contribution in [3.63, 3.8) is 0 Å². The molecule has 7 heteroatoms. The number of fused-ring (bicyclic) bond motifs is 1. The van der Waals surface area contributed by atoms with Gasteiger partial charge in [0.15, 0.2) is 0 Å². The van der Waals surface area contributed by atoms with Crippen molar-refractivity contribution in [2.45, 2.75) is 45.4 Å². The molecular weight excluding hydrogens is 338 g/mol. The number of hydrogen-bond donors (Lipinski definition) is 3. The summed E-state index contributed by atoms with van der Waals surface area (Å²) >= 11 is 1.52. The molecule has 138 valence electrons. The maximum Gasteiger partial charge on any atom is 0.341 e. The number of urea groups is 1. The molecular formula is C18H27N3O3S. The fourth-order valence-corrected chi connectivity index (χ4v) is 4.82. The van der Waals surface area contributed by atoms with Crippen molar-refractivity contribution in [2.75, 3.05) is 31.6 Å². The lowest BCUT2D eigenvalue weighted by Crippen LogP contribution is -2.37. The normalized spacial score (nSPS) is 17.6. The second kappa shape index (κ2) is 8.67. The third-order valence-electron chi connectivity index (χ3n) is 4.89. The Morgan fingerprint density at radius 2 is 2.00 bits per heavy atom. The van der Waals surface area contributed by atoms with Crippen LogP contribution >= 0.6 is 11.3 Å². The van der Waals surface area contributed by atoms with Gasteiger partial charge >= 0.3 is 12.0 Å². The lowest BCUT2D eigenvalue weighted by atomic mass is 9.95. The van der Waals surface area contributed by atoms with E-state index in [0.29, 0.717) is 29.6 Å². The Kier molecular flexibility index (Phi) is 6.31. The Balaban J connectivity index is 1.67. The third kappa shape index (κ3) is 4.52. The number of ether oxygens (including phenoxy) is 1. The van der Waals surface area contributed by atoms with Crippen molar-refractivity contribution in [3.8, 4) is 0 Å². The van der Waals surface area contributed by atoms with Crippen molar-refractivity contribution in [1.82, 2.24) is 10.6 Å². The molecule has 0 unspecified atom stereocenters. The first-order valence-corrected chi connectivity index (χ1v) is 10.1. The number of thiophene rings is 1. The summed E-state index contributed by atoms with van der Waals surface area (Å²) in [5.41, 5.74) is 1.64. The van der Waals surface area contributed by atoms with E-state index >= 15 is 0 Å². The Morgan fingerprint density at radius 3 is 2.76 bits per heavy atom. The number of piperidine rings is 1. The molecule has 2 heterocycles. The van der Waals surface area contributed by atoms with Gasteiger partial charge in [0.05, 0.1) is 12.2 Å². The highest BCUT2D eigenvalue weighted by Gasteiger charge is 2.27. The van der Waals surface area contributed by atoms with Crippen LogP contribution in [0.3, 0.4) is 0 Å². The molecule has 0 aromatic carbocycles. The summed E-state index contributed by atoms with van der Waals surface area (Å²) in [7, 11) is 0. The summed E-state index contributed by atoms with van der Waals surface area (Å²) in [5, 5.41) is 9.81. The first-order valence-electron chi connectivity index (χ1n) is 9.26. The molecule has 1 aliphatic carbocycles. The molecule has 1 aromatic rings.